The fourth-order valence-electron chi connectivity index (χ4n) is 2.15. The van der Waals surface area contributed by atoms with Gasteiger partial charge in [0, 0.05) is 22.4 Å². The fourth-order valence-corrected chi connectivity index (χ4v) is 2.96. The van der Waals surface area contributed by atoms with Crippen LogP contribution in [0.5, 0.6) is 5.75 Å². The molecule has 0 aliphatic carbocycles. The van der Waals surface area contributed by atoms with E-state index < -0.39 is 11.5 Å². The minimum Gasteiger partial charge on any atom is -0.497 e. The van der Waals surface area contributed by atoms with E-state index in [0.29, 0.717) is 21.9 Å². The lowest BCUT2D eigenvalue weighted by Gasteiger charge is -2.06. The maximum atomic E-state index is 12.5. The molecule has 0 aliphatic heterocycles. The Kier molecular flexibility index (Phi) is 3.87. The molecule has 2 heterocycles. The SMILES string of the molecule is COc1ccc2c(C(=O)Nc3nc(C)c(C)s3)cc(=O)oc2c1. The molecule has 1 N–H and O–H groups in total. The summed E-state index contributed by atoms with van der Waals surface area (Å²) in [6, 6.07) is 6.14. The molecule has 0 radical (unpaired) electrons. The van der Waals surface area contributed by atoms with Gasteiger partial charge in [-0.05, 0) is 26.0 Å². The molecule has 7 heteroatoms. The molecule has 0 saturated carbocycles. The van der Waals surface area contributed by atoms with Gasteiger partial charge in [0.2, 0.25) is 0 Å². The van der Waals surface area contributed by atoms with Crippen molar-refractivity contribution < 1.29 is 13.9 Å². The van der Waals surface area contributed by atoms with Crippen molar-refractivity contribution >= 4 is 33.3 Å². The highest BCUT2D eigenvalue weighted by atomic mass is 32.1. The van der Waals surface area contributed by atoms with Gasteiger partial charge in [0.1, 0.15) is 11.3 Å². The van der Waals surface area contributed by atoms with Gasteiger partial charge in [0.15, 0.2) is 5.13 Å². The van der Waals surface area contributed by atoms with Crippen molar-refractivity contribution in [2.45, 2.75) is 13.8 Å². The first-order chi connectivity index (χ1) is 11.0. The number of hydrogen-bond acceptors (Lipinski definition) is 6. The normalized spacial score (nSPS) is 10.7. The molecular weight excluding hydrogens is 316 g/mol. The summed E-state index contributed by atoms with van der Waals surface area (Å²) < 4.78 is 10.2. The number of amides is 1. The number of rotatable bonds is 3. The molecule has 0 aliphatic rings. The highest BCUT2D eigenvalue weighted by molar-refractivity contribution is 7.15. The third kappa shape index (κ3) is 2.95. The molecule has 0 atom stereocenters. The number of thiazole rings is 1. The first kappa shape index (κ1) is 15.2. The molecule has 0 saturated heterocycles. The Labute approximate surface area is 135 Å². The Hall–Kier alpha value is -2.67. The molecule has 0 bridgehead atoms. The summed E-state index contributed by atoms with van der Waals surface area (Å²) in [5.74, 6) is 0.145. The number of anilines is 1. The van der Waals surface area contributed by atoms with E-state index in [-0.39, 0.29) is 5.56 Å². The Balaban J connectivity index is 2.04. The Morgan fingerprint density at radius 3 is 2.74 bits per heavy atom. The number of hydrogen-bond donors (Lipinski definition) is 1. The quantitative estimate of drug-likeness (QED) is 0.746. The van der Waals surface area contributed by atoms with Gasteiger partial charge >= 0.3 is 5.63 Å². The third-order valence-corrected chi connectivity index (χ3v) is 4.43. The van der Waals surface area contributed by atoms with Crippen LogP contribution < -0.4 is 15.7 Å². The number of nitrogens with one attached hydrogen (secondary N) is 1. The number of fused-ring (bicyclic) bond motifs is 1. The lowest BCUT2D eigenvalue weighted by molar-refractivity contribution is 0.102. The van der Waals surface area contributed by atoms with Gasteiger partial charge in [-0.3, -0.25) is 10.1 Å². The smallest absolute Gasteiger partial charge is 0.337 e. The van der Waals surface area contributed by atoms with E-state index in [1.807, 2.05) is 13.8 Å². The van der Waals surface area contributed by atoms with Gasteiger partial charge in [-0.15, -0.1) is 11.3 Å². The highest BCUT2D eigenvalue weighted by Gasteiger charge is 2.16. The lowest BCUT2D eigenvalue weighted by Crippen LogP contribution is -2.15. The minimum atomic E-state index is -0.595. The topological polar surface area (TPSA) is 81.4 Å². The molecule has 0 spiro atoms. The van der Waals surface area contributed by atoms with Crippen LogP contribution in [-0.2, 0) is 0 Å². The van der Waals surface area contributed by atoms with Gasteiger partial charge in [-0.2, -0.15) is 0 Å². The van der Waals surface area contributed by atoms with Crippen molar-refractivity contribution in [3.05, 3.63) is 50.8 Å². The number of methoxy groups -OCH3 is 1. The number of ether oxygens (including phenoxy) is 1. The standard InChI is InChI=1S/C16H14N2O4S/c1-8-9(2)23-16(17-8)18-15(20)12-7-14(19)22-13-6-10(21-3)4-5-11(12)13/h4-7H,1-3H3,(H,17,18,20). The van der Waals surface area contributed by atoms with Crippen LogP contribution in [0.25, 0.3) is 11.0 Å². The second kappa shape index (κ2) is 5.85. The van der Waals surface area contributed by atoms with Gasteiger partial charge in [-0.25, -0.2) is 9.78 Å². The number of aryl methyl sites for hydroxylation is 2. The molecule has 0 fully saturated rings. The average molecular weight is 330 g/mol. The molecule has 3 aromatic rings. The van der Waals surface area contributed by atoms with Crippen molar-refractivity contribution in [2.75, 3.05) is 12.4 Å². The van der Waals surface area contributed by atoms with Gasteiger partial charge < -0.3 is 9.15 Å². The molecule has 1 aromatic carbocycles. The summed E-state index contributed by atoms with van der Waals surface area (Å²) in [6.45, 7) is 3.81. The van der Waals surface area contributed by atoms with Crippen molar-refractivity contribution in [2.24, 2.45) is 0 Å². The lowest BCUT2D eigenvalue weighted by atomic mass is 10.1. The van der Waals surface area contributed by atoms with Crippen molar-refractivity contribution in [3.63, 3.8) is 0 Å². The van der Waals surface area contributed by atoms with E-state index >= 15 is 0 Å². The van der Waals surface area contributed by atoms with E-state index in [0.717, 1.165) is 10.6 Å². The summed E-state index contributed by atoms with van der Waals surface area (Å²) in [5.41, 5.74) is 0.813. The van der Waals surface area contributed by atoms with Gasteiger partial charge in [0.25, 0.3) is 5.91 Å². The maximum absolute atomic E-state index is 12.5. The summed E-state index contributed by atoms with van der Waals surface area (Å²) in [6.07, 6.45) is 0. The van der Waals surface area contributed by atoms with Crippen LogP contribution in [0.1, 0.15) is 20.9 Å². The predicted octanol–water partition coefficient (Wildman–Crippen LogP) is 3.13. The molecule has 1 amide bonds. The van der Waals surface area contributed by atoms with Crippen LogP contribution in [0.15, 0.2) is 33.5 Å². The first-order valence-electron chi connectivity index (χ1n) is 6.85. The zero-order valence-electron chi connectivity index (χ0n) is 12.8. The van der Waals surface area contributed by atoms with E-state index in [4.69, 9.17) is 9.15 Å². The zero-order chi connectivity index (χ0) is 16.6. The first-order valence-corrected chi connectivity index (χ1v) is 7.67. The number of carbonyl (C=O) groups is 1. The summed E-state index contributed by atoms with van der Waals surface area (Å²) in [7, 11) is 1.52. The summed E-state index contributed by atoms with van der Waals surface area (Å²) in [4.78, 5) is 29.5. The fraction of sp³-hybridized carbons (Fsp3) is 0.188. The van der Waals surface area contributed by atoms with E-state index in [1.165, 1.54) is 24.5 Å². The highest BCUT2D eigenvalue weighted by Crippen LogP contribution is 2.25. The molecule has 118 valence electrons. The Bertz CT molecular complexity index is 939. The van der Waals surface area contributed by atoms with Crippen molar-refractivity contribution in [3.8, 4) is 5.75 Å². The van der Waals surface area contributed by atoms with Crippen LogP contribution in [-0.4, -0.2) is 18.0 Å². The van der Waals surface area contributed by atoms with Crippen LogP contribution in [0.4, 0.5) is 5.13 Å². The number of carbonyl (C=O) groups excluding carboxylic acids is 1. The summed E-state index contributed by atoms with van der Waals surface area (Å²) >= 11 is 1.39. The monoisotopic (exact) mass is 330 g/mol. The Morgan fingerprint density at radius 1 is 1.30 bits per heavy atom. The van der Waals surface area contributed by atoms with Crippen LogP contribution >= 0.6 is 11.3 Å². The van der Waals surface area contributed by atoms with E-state index in [1.54, 1.807) is 18.2 Å². The van der Waals surface area contributed by atoms with Gasteiger partial charge in [0.05, 0.1) is 18.4 Å². The minimum absolute atomic E-state index is 0.240. The van der Waals surface area contributed by atoms with Crippen LogP contribution in [0.3, 0.4) is 0 Å². The van der Waals surface area contributed by atoms with Gasteiger partial charge in [-0.1, -0.05) is 0 Å². The van der Waals surface area contributed by atoms with E-state index in [9.17, 15) is 9.59 Å². The second-order valence-electron chi connectivity index (χ2n) is 4.96. The molecule has 2 aromatic heterocycles. The van der Waals surface area contributed by atoms with E-state index in [2.05, 4.69) is 10.3 Å². The average Bonchev–Trinajstić information content (AvgIpc) is 2.83. The van der Waals surface area contributed by atoms with Crippen LogP contribution in [0.2, 0.25) is 0 Å². The zero-order valence-corrected chi connectivity index (χ0v) is 13.6. The third-order valence-electron chi connectivity index (χ3n) is 3.45. The molecular formula is C16H14N2O4S. The van der Waals surface area contributed by atoms with Crippen molar-refractivity contribution in [1.82, 2.24) is 4.98 Å². The predicted molar refractivity (Wildman–Crippen MR) is 88.6 cm³/mol. The molecule has 23 heavy (non-hydrogen) atoms. The molecule has 0 unspecified atom stereocenters. The molecule has 6 nitrogen and oxygen atoms in total. The summed E-state index contributed by atoms with van der Waals surface area (Å²) in [5, 5.41) is 3.76. The Morgan fingerprint density at radius 2 is 2.09 bits per heavy atom. The number of nitrogens with zero attached hydrogens (tertiary/aromatic N) is 1. The molecule has 3 rings (SSSR count). The van der Waals surface area contributed by atoms with Crippen LogP contribution in [0, 0.1) is 13.8 Å². The second-order valence-corrected chi connectivity index (χ2v) is 6.16. The maximum Gasteiger partial charge on any atom is 0.337 e. The number of aromatic nitrogens is 1. The largest absolute Gasteiger partial charge is 0.497 e. The van der Waals surface area contributed by atoms with Crippen molar-refractivity contribution in [1.29, 1.82) is 0 Å². The number of benzene rings is 1.